The molecule has 112 valence electrons. The van der Waals surface area contributed by atoms with Crippen LogP contribution in [0.1, 0.15) is 23.7 Å². The molecule has 1 aliphatic heterocycles. The number of hydrogen-bond acceptors (Lipinski definition) is 4. The minimum Gasteiger partial charge on any atom is -0.353 e. The zero-order valence-electron chi connectivity index (χ0n) is 11.3. The number of nitro benzene ring substituents is 1. The molecule has 1 atom stereocenters. The van der Waals surface area contributed by atoms with E-state index in [9.17, 15) is 19.7 Å². The normalized spacial score (nSPS) is 18.3. The van der Waals surface area contributed by atoms with Crippen molar-refractivity contribution >= 4 is 29.1 Å². The first-order valence-corrected chi connectivity index (χ1v) is 6.86. The van der Waals surface area contributed by atoms with Gasteiger partial charge in [0.1, 0.15) is 11.1 Å². The van der Waals surface area contributed by atoms with E-state index in [0.29, 0.717) is 19.5 Å². The molecule has 1 aromatic rings. The van der Waals surface area contributed by atoms with E-state index in [1.54, 1.807) is 6.92 Å². The number of hydrogen-bond donors (Lipinski definition) is 1. The van der Waals surface area contributed by atoms with Crippen molar-refractivity contribution in [2.24, 2.45) is 0 Å². The summed E-state index contributed by atoms with van der Waals surface area (Å²) in [6, 6.07) is 3.33. The summed E-state index contributed by atoms with van der Waals surface area (Å²) in [6.45, 7) is 2.55. The minimum atomic E-state index is -0.640. The third kappa shape index (κ3) is 2.97. The second-order valence-electron chi connectivity index (χ2n) is 4.64. The summed E-state index contributed by atoms with van der Waals surface area (Å²) in [7, 11) is 0. The van der Waals surface area contributed by atoms with E-state index in [4.69, 9.17) is 11.6 Å². The first-order chi connectivity index (χ1) is 9.95. The number of nitro groups is 1. The average molecular weight is 312 g/mol. The SMILES string of the molecule is CCC1C(=O)NCCN1C(=O)c1ccc(Cl)c([N+](=O)[O-])c1. The predicted molar refractivity (Wildman–Crippen MR) is 76.2 cm³/mol. The quantitative estimate of drug-likeness (QED) is 0.678. The van der Waals surface area contributed by atoms with Gasteiger partial charge in [-0.2, -0.15) is 0 Å². The Morgan fingerprint density at radius 3 is 2.90 bits per heavy atom. The molecular weight excluding hydrogens is 298 g/mol. The summed E-state index contributed by atoms with van der Waals surface area (Å²) in [5.74, 6) is -0.614. The van der Waals surface area contributed by atoms with Gasteiger partial charge in [0.05, 0.1) is 4.92 Å². The fourth-order valence-corrected chi connectivity index (χ4v) is 2.50. The molecule has 1 saturated heterocycles. The summed E-state index contributed by atoms with van der Waals surface area (Å²) in [5, 5.41) is 13.5. The molecule has 2 rings (SSSR count). The highest BCUT2D eigenvalue weighted by Gasteiger charge is 2.32. The Balaban J connectivity index is 2.33. The molecule has 1 aliphatic rings. The molecule has 1 N–H and O–H groups in total. The second-order valence-corrected chi connectivity index (χ2v) is 5.04. The van der Waals surface area contributed by atoms with Crippen molar-refractivity contribution in [1.29, 1.82) is 0 Å². The first kappa shape index (κ1) is 15.2. The van der Waals surface area contributed by atoms with Crippen molar-refractivity contribution in [2.45, 2.75) is 19.4 Å². The third-order valence-corrected chi connectivity index (χ3v) is 3.69. The lowest BCUT2D eigenvalue weighted by atomic mass is 10.1. The first-order valence-electron chi connectivity index (χ1n) is 6.48. The Morgan fingerprint density at radius 1 is 1.57 bits per heavy atom. The molecular formula is C13H14ClN3O4. The van der Waals surface area contributed by atoms with Gasteiger partial charge < -0.3 is 10.2 Å². The summed E-state index contributed by atoms with van der Waals surface area (Å²) < 4.78 is 0. The largest absolute Gasteiger partial charge is 0.353 e. The van der Waals surface area contributed by atoms with Gasteiger partial charge in [-0.25, -0.2) is 0 Å². The zero-order valence-corrected chi connectivity index (χ0v) is 12.1. The Morgan fingerprint density at radius 2 is 2.29 bits per heavy atom. The lowest BCUT2D eigenvalue weighted by Gasteiger charge is -2.34. The van der Waals surface area contributed by atoms with Gasteiger partial charge in [-0.1, -0.05) is 18.5 Å². The fourth-order valence-electron chi connectivity index (χ4n) is 2.32. The van der Waals surface area contributed by atoms with Crippen molar-refractivity contribution < 1.29 is 14.5 Å². The van der Waals surface area contributed by atoms with Gasteiger partial charge in [0.25, 0.3) is 11.6 Å². The number of piperazine rings is 1. The van der Waals surface area contributed by atoms with Gasteiger partial charge in [0.15, 0.2) is 0 Å². The molecule has 0 saturated carbocycles. The van der Waals surface area contributed by atoms with Crippen LogP contribution in [0.15, 0.2) is 18.2 Å². The van der Waals surface area contributed by atoms with E-state index in [1.807, 2.05) is 0 Å². The van der Waals surface area contributed by atoms with Crippen molar-refractivity contribution in [3.63, 3.8) is 0 Å². The monoisotopic (exact) mass is 311 g/mol. The summed E-state index contributed by atoms with van der Waals surface area (Å²) in [6.07, 6.45) is 0.479. The highest BCUT2D eigenvalue weighted by Crippen LogP contribution is 2.26. The fraction of sp³-hybridized carbons (Fsp3) is 0.385. The van der Waals surface area contributed by atoms with E-state index in [-0.39, 0.29) is 22.2 Å². The van der Waals surface area contributed by atoms with Crippen molar-refractivity contribution in [3.8, 4) is 0 Å². The molecule has 1 aromatic carbocycles. The van der Waals surface area contributed by atoms with Crippen LogP contribution >= 0.6 is 11.6 Å². The number of carbonyl (C=O) groups is 2. The Bertz CT molecular complexity index is 605. The maximum absolute atomic E-state index is 12.5. The van der Waals surface area contributed by atoms with Crippen LogP contribution in [-0.4, -0.2) is 40.8 Å². The average Bonchev–Trinajstić information content (AvgIpc) is 2.46. The molecule has 0 aromatic heterocycles. The molecule has 1 unspecified atom stereocenters. The van der Waals surface area contributed by atoms with Gasteiger partial charge in [-0.05, 0) is 18.6 Å². The summed E-state index contributed by atoms with van der Waals surface area (Å²) >= 11 is 5.73. The molecule has 0 spiro atoms. The van der Waals surface area contributed by atoms with Crippen LogP contribution in [-0.2, 0) is 4.79 Å². The number of halogens is 1. The van der Waals surface area contributed by atoms with E-state index >= 15 is 0 Å². The van der Waals surface area contributed by atoms with Crippen molar-refractivity contribution in [2.75, 3.05) is 13.1 Å². The third-order valence-electron chi connectivity index (χ3n) is 3.37. The van der Waals surface area contributed by atoms with Crippen LogP contribution in [0.2, 0.25) is 5.02 Å². The lowest BCUT2D eigenvalue weighted by molar-refractivity contribution is -0.384. The Hall–Kier alpha value is -2.15. The number of nitrogens with one attached hydrogen (secondary N) is 1. The van der Waals surface area contributed by atoms with E-state index in [1.165, 1.54) is 17.0 Å². The Kier molecular flexibility index (Phi) is 4.42. The molecule has 1 fully saturated rings. The highest BCUT2D eigenvalue weighted by molar-refractivity contribution is 6.32. The molecule has 0 bridgehead atoms. The summed E-state index contributed by atoms with van der Waals surface area (Å²) in [4.78, 5) is 35.9. The maximum atomic E-state index is 12.5. The maximum Gasteiger partial charge on any atom is 0.288 e. The van der Waals surface area contributed by atoms with Gasteiger partial charge in [-0.3, -0.25) is 19.7 Å². The molecule has 21 heavy (non-hydrogen) atoms. The predicted octanol–water partition coefficient (Wildman–Crippen LogP) is 1.60. The standard InChI is InChI=1S/C13H14ClN3O4/c1-2-10-12(18)15-5-6-16(10)13(19)8-3-4-9(14)11(7-8)17(20)21/h3-4,7,10H,2,5-6H2,1H3,(H,15,18). The van der Waals surface area contributed by atoms with Crippen LogP contribution in [0.3, 0.4) is 0 Å². The van der Waals surface area contributed by atoms with Crippen LogP contribution in [0.4, 0.5) is 5.69 Å². The number of benzene rings is 1. The number of nitrogens with zero attached hydrogens (tertiary/aromatic N) is 2. The van der Waals surface area contributed by atoms with Gasteiger partial charge in [0, 0.05) is 24.7 Å². The van der Waals surface area contributed by atoms with Crippen LogP contribution < -0.4 is 5.32 Å². The number of carbonyl (C=O) groups excluding carboxylic acids is 2. The molecule has 7 nitrogen and oxygen atoms in total. The van der Waals surface area contributed by atoms with E-state index < -0.39 is 16.9 Å². The molecule has 8 heteroatoms. The zero-order chi connectivity index (χ0) is 15.6. The van der Waals surface area contributed by atoms with Gasteiger partial charge >= 0.3 is 0 Å². The van der Waals surface area contributed by atoms with E-state index in [0.717, 1.165) is 6.07 Å². The summed E-state index contributed by atoms with van der Waals surface area (Å²) in [5.41, 5.74) is -0.170. The molecule has 1 heterocycles. The highest BCUT2D eigenvalue weighted by atomic mass is 35.5. The van der Waals surface area contributed by atoms with Crippen molar-refractivity contribution in [1.82, 2.24) is 10.2 Å². The minimum absolute atomic E-state index is 0.0278. The van der Waals surface area contributed by atoms with Gasteiger partial charge in [-0.15, -0.1) is 0 Å². The van der Waals surface area contributed by atoms with Crippen molar-refractivity contribution in [3.05, 3.63) is 38.9 Å². The van der Waals surface area contributed by atoms with Crippen LogP contribution in [0, 0.1) is 10.1 Å². The molecule has 0 radical (unpaired) electrons. The molecule has 2 amide bonds. The second kappa shape index (κ2) is 6.09. The smallest absolute Gasteiger partial charge is 0.288 e. The lowest BCUT2D eigenvalue weighted by Crippen LogP contribution is -2.56. The topological polar surface area (TPSA) is 92.6 Å². The Labute approximate surface area is 126 Å². The number of rotatable bonds is 3. The molecule has 0 aliphatic carbocycles. The number of amides is 2. The van der Waals surface area contributed by atoms with Crippen LogP contribution in [0.5, 0.6) is 0 Å². The van der Waals surface area contributed by atoms with E-state index in [2.05, 4.69) is 5.32 Å². The van der Waals surface area contributed by atoms with Gasteiger partial charge in [0.2, 0.25) is 5.91 Å². The van der Waals surface area contributed by atoms with Crippen LogP contribution in [0.25, 0.3) is 0 Å².